The summed E-state index contributed by atoms with van der Waals surface area (Å²) in [5, 5.41) is 8.05. The van der Waals surface area contributed by atoms with Gasteiger partial charge < -0.3 is 21.0 Å². The first-order valence-electron chi connectivity index (χ1n) is 6.81. The molecule has 1 atom stereocenters. The molecule has 0 fully saturated rings. The molecule has 0 aliphatic rings. The van der Waals surface area contributed by atoms with Gasteiger partial charge in [-0.25, -0.2) is 4.98 Å². The topological polar surface area (TPSA) is 150 Å². The van der Waals surface area contributed by atoms with Crippen molar-refractivity contribution in [1.29, 1.82) is 0 Å². The van der Waals surface area contributed by atoms with Gasteiger partial charge in [0.25, 0.3) is 5.24 Å². The van der Waals surface area contributed by atoms with E-state index in [1.54, 1.807) is 0 Å². The molecular weight excluding hydrogens is 338 g/mol. The average Bonchev–Trinajstić information content (AvgIpc) is 3.00. The van der Waals surface area contributed by atoms with Crippen LogP contribution in [0.25, 0.3) is 0 Å². The Hall–Kier alpha value is -2.55. The molecule has 0 aliphatic heterocycles. The molecule has 5 N–H and O–H groups in total. The van der Waals surface area contributed by atoms with Gasteiger partial charge in [-0.3, -0.25) is 14.4 Å². The number of nitrogen functional groups attached to an aromatic ring is 1. The Labute approximate surface area is 141 Å². The summed E-state index contributed by atoms with van der Waals surface area (Å²) in [6, 6.07) is 1.54. The number of hydrogen-bond acceptors (Lipinski definition) is 8. The Morgan fingerprint density at radius 1 is 1.29 bits per heavy atom. The van der Waals surface area contributed by atoms with E-state index in [4.69, 9.17) is 32.6 Å². The number of nitrogens with zero attached hydrogens (tertiary/aromatic N) is 1. The molecule has 0 aromatic carbocycles. The smallest absolute Gasteiger partial charge is 0.256 e. The number of halogens is 1. The van der Waals surface area contributed by atoms with Gasteiger partial charge in [-0.2, -0.15) is 0 Å². The van der Waals surface area contributed by atoms with Crippen LogP contribution in [0.4, 0.5) is 5.82 Å². The van der Waals surface area contributed by atoms with E-state index in [-0.39, 0.29) is 34.7 Å². The van der Waals surface area contributed by atoms with Gasteiger partial charge in [0.05, 0.1) is 36.5 Å². The van der Waals surface area contributed by atoms with Crippen molar-refractivity contribution in [1.82, 2.24) is 4.98 Å². The number of rotatable bonds is 7. The third-order valence-electron chi connectivity index (χ3n) is 3.34. The molecule has 0 amide bonds. The fourth-order valence-electron chi connectivity index (χ4n) is 2.14. The van der Waals surface area contributed by atoms with Crippen LogP contribution in [0, 0.1) is 0 Å². The number of furan rings is 1. The maximum Gasteiger partial charge on any atom is 0.256 e. The molecule has 0 aliphatic carbocycles. The Bertz CT molecular complexity index is 802. The minimum absolute atomic E-state index is 0.0243. The molecule has 9 heteroatoms. The van der Waals surface area contributed by atoms with Crippen LogP contribution in [-0.2, 0) is 6.42 Å². The number of nitrogens with two attached hydrogens (primary N) is 2. The van der Waals surface area contributed by atoms with Crippen LogP contribution in [0.2, 0.25) is 0 Å². The summed E-state index contributed by atoms with van der Waals surface area (Å²) in [5.41, 5.74) is 10.9. The second-order valence-electron chi connectivity index (χ2n) is 4.90. The van der Waals surface area contributed by atoms with Gasteiger partial charge >= 0.3 is 0 Å². The van der Waals surface area contributed by atoms with Gasteiger partial charge in [0.15, 0.2) is 11.6 Å². The van der Waals surface area contributed by atoms with E-state index in [1.165, 1.54) is 24.6 Å². The van der Waals surface area contributed by atoms with E-state index in [9.17, 15) is 14.4 Å². The van der Waals surface area contributed by atoms with Gasteiger partial charge in [0, 0.05) is 11.8 Å². The number of aliphatic hydroxyl groups excluding tert-OH is 1. The maximum absolute atomic E-state index is 12.5. The first-order chi connectivity index (χ1) is 11.4. The Balaban J connectivity index is 2.33. The molecule has 0 bridgehead atoms. The molecule has 24 heavy (non-hydrogen) atoms. The van der Waals surface area contributed by atoms with Crippen molar-refractivity contribution in [3.63, 3.8) is 0 Å². The first-order valence-corrected chi connectivity index (χ1v) is 7.19. The van der Waals surface area contributed by atoms with Crippen LogP contribution in [0.5, 0.6) is 0 Å². The van der Waals surface area contributed by atoms with Crippen molar-refractivity contribution in [3.05, 3.63) is 47.0 Å². The molecule has 2 rings (SSSR count). The van der Waals surface area contributed by atoms with Crippen LogP contribution >= 0.6 is 11.6 Å². The second-order valence-corrected chi connectivity index (χ2v) is 5.25. The van der Waals surface area contributed by atoms with Crippen molar-refractivity contribution in [2.75, 3.05) is 12.3 Å². The summed E-state index contributed by atoms with van der Waals surface area (Å²) in [7, 11) is 0. The highest BCUT2D eigenvalue weighted by Gasteiger charge is 2.25. The number of pyridine rings is 1. The molecule has 0 saturated heterocycles. The standard InChI is InChI=1S/C15H14ClN3O5/c16-14(23)12-7(1-3-19-15(12)18)10(21)5-11-8(2-4-24-11)13(22)9(17)6-20/h1-4,9,20H,5-6,17H2,(H2,18,19)/t9-/m0/s1. The molecule has 8 nitrogen and oxygen atoms in total. The van der Waals surface area contributed by atoms with E-state index in [0.717, 1.165) is 0 Å². The Morgan fingerprint density at radius 2 is 2.00 bits per heavy atom. The van der Waals surface area contributed by atoms with E-state index in [0.29, 0.717) is 0 Å². The highest BCUT2D eigenvalue weighted by Crippen LogP contribution is 2.21. The van der Waals surface area contributed by atoms with Crippen LogP contribution in [0.1, 0.15) is 36.8 Å². The fourth-order valence-corrected chi connectivity index (χ4v) is 2.34. The molecule has 2 aromatic heterocycles. The lowest BCUT2D eigenvalue weighted by Crippen LogP contribution is -2.34. The van der Waals surface area contributed by atoms with E-state index >= 15 is 0 Å². The lowest BCUT2D eigenvalue weighted by molar-refractivity contribution is 0.0922. The molecule has 0 saturated carbocycles. The molecule has 0 radical (unpaired) electrons. The van der Waals surface area contributed by atoms with Crippen molar-refractivity contribution >= 4 is 34.2 Å². The van der Waals surface area contributed by atoms with Gasteiger partial charge in [-0.05, 0) is 23.7 Å². The van der Waals surface area contributed by atoms with Gasteiger partial charge in [0.1, 0.15) is 11.6 Å². The van der Waals surface area contributed by atoms with Crippen molar-refractivity contribution in [3.8, 4) is 0 Å². The summed E-state index contributed by atoms with van der Waals surface area (Å²) in [4.78, 5) is 39.7. The zero-order valence-corrected chi connectivity index (χ0v) is 13.1. The SMILES string of the molecule is Nc1nccc(C(=O)Cc2occc2C(=O)[C@@H](N)CO)c1C(=O)Cl. The zero-order valence-electron chi connectivity index (χ0n) is 12.4. The number of carbonyl (C=O) groups is 3. The summed E-state index contributed by atoms with van der Waals surface area (Å²) < 4.78 is 5.16. The Morgan fingerprint density at radius 3 is 2.62 bits per heavy atom. The maximum atomic E-state index is 12.5. The predicted octanol–water partition coefficient (Wildman–Crippen LogP) is 0.564. The summed E-state index contributed by atoms with van der Waals surface area (Å²) in [6.45, 7) is -0.539. The largest absolute Gasteiger partial charge is 0.468 e. The third-order valence-corrected chi connectivity index (χ3v) is 3.53. The summed E-state index contributed by atoms with van der Waals surface area (Å²) in [5.74, 6) is -1.19. The van der Waals surface area contributed by atoms with Crippen LogP contribution in [0.3, 0.4) is 0 Å². The fraction of sp³-hybridized carbons (Fsp3) is 0.200. The highest BCUT2D eigenvalue weighted by molar-refractivity contribution is 6.68. The van der Waals surface area contributed by atoms with Crippen LogP contribution < -0.4 is 11.5 Å². The minimum Gasteiger partial charge on any atom is -0.468 e. The minimum atomic E-state index is -1.12. The lowest BCUT2D eigenvalue weighted by Gasteiger charge is -2.08. The molecule has 0 spiro atoms. The summed E-state index contributed by atoms with van der Waals surface area (Å²) >= 11 is 5.45. The number of Topliss-reactive ketones (excluding diaryl/α,β-unsaturated/α-hetero) is 2. The molecule has 126 valence electrons. The monoisotopic (exact) mass is 351 g/mol. The van der Waals surface area contributed by atoms with E-state index < -0.39 is 29.5 Å². The molecular formula is C15H14ClN3O5. The van der Waals surface area contributed by atoms with Crippen molar-refractivity contribution < 1.29 is 23.9 Å². The number of hydrogen-bond donors (Lipinski definition) is 3. The van der Waals surface area contributed by atoms with Crippen molar-refractivity contribution in [2.45, 2.75) is 12.5 Å². The highest BCUT2D eigenvalue weighted by atomic mass is 35.5. The average molecular weight is 352 g/mol. The third kappa shape index (κ3) is 3.51. The molecule has 0 unspecified atom stereocenters. The van der Waals surface area contributed by atoms with Crippen LogP contribution in [0.15, 0.2) is 29.0 Å². The number of aromatic nitrogens is 1. The predicted molar refractivity (Wildman–Crippen MR) is 85.0 cm³/mol. The van der Waals surface area contributed by atoms with Gasteiger partial charge in [-0.1, -0.05) is 0 Å². The van der Waals surface area contributed by atoms with E-state index in [1.807, 2.05) is 0 Å². The van der Waals surface area contributed by atoms with Gasteiger partial charge in [0.2, 0.25) is 0 Å². The molecule has 2 heterocycles. The first kappa shape index (κ1) is 17.8. The number of carbonyl (C=O) groups excluding carboxylic acids is 3. The number of aliphatic hydroxyl groups is 1. The number of anilines is 1. The van der Waals surface area contributed by atoms with E-state index in [2.05, 4.69) is 4.98 Å². The van der Waals surface area contributed by atoms with Gasteiger partial charge in [-0.15, -0.1) is 0 Å². The second kappa shape index (κ2) is 7.35. The number of ketones is 2. The van der Waals surface area contributed by atoms with Crippen molar-refractivity contribution in [2.24, 2.45) is 5.73 Å². The lowest BCUT2D eigenvalue weighted by atomic mass is 9.99. The normalized spacial score (nSPS) is 12.0. The summed E-state index contributed by atoms with van der Waals surface area (Å²) in [6.07, 6.45) is 2.18. The Kier molecular flexibility index (Phi) is 5.45. The van der Waals surface area contributed by atoms with Crippen LogP contribution in [-0.4, -0.2) is 39.5 Å². The molecule has 2 aromatic rings. The zero-order chi connectivity index (χ0) is 17.9. The quantitative estimate of drug-likeness (QED) is 0.483.